The average molecular weight is 483 g/mol. The van der Waals surface area contributed by atoms with Gasteiger partial charge in [0, 0.05) is 31.4 Å². The highest BCUT2D eigenvalue weighted by atomic mass is 16.5. The van der Waals surface area contributed by atoms with Gasteiger partial charge in [0.25, 0.3) is 0 Å². The van der Waals surface area contributed by atoms with Crippen molar-refractivity contribution in [3.05, 3.63) is 47.5 Å². The zero-order valence-corrected chi connectivity index (χ0v) is 22.3. The molecule has 2 aromatic rings. The Labute approximate surface area is 211 Å². The predicted octanol–water partition coefficient (Wildman–Crippen LogP) is 5.56. The molecule has 1 aliphatic rings. The molecular formula is C29H42N2O4. The van der Waals surface area contributed by atoms with Gasteiger partial charge in [0.05, 0.1) is 19.3 Å². The average Bonchev–Trinajstić information content (AvgIpc) is 2.88. The summed E-state index contributed by atoms with van der Waals surface area (Å²) in [6.45, 7) is 6.30. The van der Waals surface area contributed by atoms with E-state index in [4.69, 9.17) is 14.2 Å². The fraction of sp³-hybridized carbons (Fsp3) is 0.552. The van der Waals surface area contributed by atoms with Crippen molar-refractivity contribution in [2.24, 2.45) is 0 Å². The monoisotopic (exact) mass is 482 g/mol. The van der Waals surface area contributed by atoms with E-state index in [1.807, 2.05) is 37.3 Å². The van der Waals surface area contributed by atoms with Crippen LogP contribution in [0.5, 0.6) is 5.75 Å². The Morgan fingerprint density at radius 1 is 0.943 bits per heavy atom. The first-order valence-electron chi connectivity index (χ1n) is 12.8. The second kappa shape index (κ2) is 12.9. The van der Waals surface area contributed by atoms with E-state index < -0.39 is 0 Å². The maximum absolute atomic E-state index is 12.8. The first-order chi connectivity index (χ1) is 16.9. The molecule has 6 heteroatoms. The fourth-order valence-electron chi connectivity index (χ4n) is 5.10. The van der Waals surface area contributed by atoms with Crippen molar-refractivity contribution < 1.29 is 19.0 Å². The van der Waals surface area contributed by atoms with E-state index in [-0.39, 0.29) is 5.97 Å². The summed E-state index contributed by atoms with van der Waals surface area (Å²) < 4.78 is 16.0. The number of hydrogen-bond acceptors (Lipinski definition) is 6. The summed E-state index contributed by atoms with van der Waals surface area (Å²) in [6, 6.07) is 13.4. The molecule has 0 aliphatic heterocycles. The van der Waals surface area contributed by atoms with E-state index in [0.717, 1.165) is 53.9 Å². The van der Waals surface area contributed by atoms with Crippen LogP contribution in [0.4, 0.5) is 5.69 Å². The van der Waals surface area contributed by atoms with Gasteiger partial charge in [-0.25, -0.2) is 4.79 Å². The second-order valence-corrected chi connectivity index (χ2v) is 9.64. The van der Waals surface area contributed by atoms with Crippen LogP contribution in [0, 0.1) is 6.92 Å². The maximum atomic E-state index is 12.8. The SMILES string of the molecule is CCCN(c1cc(-c2ccc(OCCOC)cc2)cc(C(=O)OC)c1C)C1CCC(N(C)C)CC1. The third-order valence-electron chi connectivity index (χ3n) is 7.14. The molecule has 0 spiro atoms. The van der Waals surface area contributed by atoms with Gasteiger partial charge in [0.1, 0.15) is 12.4 Å². The van der Waals surface area contributed by atoms with Crippen molar-refractivity contribution in [1.29, 1.82) is 0 Å². The molecule has 0 amide bonds. The Kier molecular flexibility index (Phi) is 9.99. The van der Waals surface area contributed by atoms with Crippen LogP contribution in [0.25, 0.3) is 11.1 Å². The lowest BCUT2D eigenvalue weighted by molar-refractivity contribution is 0.0600. The van der Waals surface area contributed by atoms with Crippen LogP contribution in [0.15, 0.2) is 36.4 Å². The molecule has 2 aromatic carbocycles. The number of rotatable bonds is 11. The minimum Gasteiger partial charge on any atom is -0.491 e. The number of carbonyl (C=O) groups excluding carboxylic acids is 1. The molecule has 0 aromatic heterocycles. The van der Waals surface area contributed by atoms with Gasteiger partial charge >= 0.3 is 5.97 Å². The van der Waals surface area contributed by atoms with Gasteiger partial charge in [-0.15, -0.1) is 0 Å². The Morgan fingerprint density at radius 3 is 2.17 bits per heavy atom. The minimum absolute atomic E-state index is 0.294. The Bertz CT molecular complexity index is 950. The Hall–Kier alpha value is -2.57. The summed E-state index contributed by atoms with van der Waals surface area (Å²) >= 11 is 0. The number of esters is 1. The smallest absolute Gasteiger partial charge is 0.338 e. The van der Waals surface area contributed by atoms with Crippen LogP contribution < -0.4 is 9.64 Å². The quantitative estimate of drug-likeness (QED) is 0.309. The first-order valence-corrected chi connectivity index (χ1v) is 12.8. The summed E-state index contributed by atoms with van der Waals surface area (Å²) in [7, 11) is 7.47. The highest BCUT2D eigenvalue weighted by Gasteiger charge is 2.29. The van der Waals surface area contributed by atoms with Crippen molar-refractivity contribution in [3.63, 3.8) is 0 Å². The lowest BCUT2D eigenvalue weighted by Crippen LogP contribution is -2.43. The molecule has 6 nitrogen and oxygen atoms in total. The summed E-state index contributed by atoms with van der Waals surface area (Å²) in [5.74, 6) is 0.509. The molecule has 0 bridgehead atoms. The van der Waals surface area contributed by atoms with Crippen LogP contribution in [0.3, 0.4) is 0 Å². The van der Waals surface area contributed by atoms with Crippen molar-refractivity contribution in [2.45, 2.75) is 58.0 Å². The van der Waals surface area contributed by atoms with Crippen LogP contribution >= 0.6 is 0 Å². The molecule has 3 rings (SSSR count). The van der Waals surface area contributed by atoms with E-state index in [9.17, 15) is 4.79 Å². The first kappa shape index (κ1) is 27.0. The normalized spacial score (nSPS) is 17.9. The molecule has 0 atom stereocenters. The van der Waals surface area contributed by atoms with E-state index in [1.54, 1.807) is 7.11 Å². The molecule has 0 heterocycles. The highest BCUT2D eigenvalue weighted by Crippen LogP contribution is 2.36. The number of anilines is 1. The van der Waals surface area contributed by atoms with Crippen molar-refractivity contribution >= 4 is 11.7 Å². The highest BCUT2D eigenvalue weighted by molar-refractivity contribution is 5.95. The number of carbonyl (C=O) groups is 1. The number of methoxy groups -OCH3 is 2. The summed E-state index contributed by atoms with van der Waals surface area (Å²) in [6.07, 6.45) is 5.77. The Morgan fingerprint density at radius 2 is 1.60 bits per heavy atom. The lowest BCUT2D eigenvalue weighted by Gasteiger charge is -2.41. The van der Waals surface area contributed by atoms with Crippen molar-refractivity contribution in [1.82, 2.24) is 4.90 Å². The van der Waals surface area contributed by atoms with Gasteiger partial charge in [-0.1, -0.05) is 19.1 Å². The van der Waals surface area contributed by atoms with Crippen molar-refractivity contribution in [2.75, 3.05) is 53.0 Å². The van der Waals surface area contributed by atoms with E-state index in [2.05, 4.69) is 36.9 Å². The largest absolute Gasteiger partial charge is 0.491 e. The fourth-order valence-corrected chi connectivity index (χ4v) is 5.10. The Balaban J connectivity index is 1.96. The molecule has 1 saturated carbocycles. The van der Waals surface area contributed by atoms with E-state index in [0.29, 0.717) is 30.9 Å². The molecule has 0 N–H and O–H groups in total. The zero-order valence-electron chi connectivity index (χ0n) is 22.3. The second-order valence-electron chi connectivity index (χ2n) is 9.64. The van der Waals surface area contributed by atoms with Crippen LogP contribution in [-0.2, 0) is 9.47 Å². The van der Waals surface area contributed by atoms with Gasteiger partial charge in [-0.2, -0.15) is 0 Å². The third-order valence-corrected chi connectivity index (χ3v) is 7.14. The molecule has 192 valence electrons. The summed E-state index contributed by atoms with van der Waals surface area (Å²) in [4.78, 5) is 17.7. The number of hydrogen-bond donors (Lipinski definition) is 0. The number of benzene rings is 2. The third kappa shape index (κ3) is 6.77. The molecule has 35 heavy (non-hydrogen) atoms. The molecule has 0 saturated heterocycles. The summed E-state index contributed by atoms with van der Waals surface area (Å²) in [5.41, 5.74) is 4.81. The molecule has 0 unspecified atom stereocenters. The molecule has 1 aliphatic carbocycles. The molecule has 1 fully saturated rings. The van der Waals surface area contributed by atoms with Crippen LogP contribution in [0.2, 0.25) is 0 Å². The van der Waals surface area contributed by atoms with E-state index >= 15 is 0 Å². The van der Waals surface area contributed by atoms with E-state index in [1.165, 1.54) is 20.0 Å². The van der Waals surface area contributed by atoms with Gasteiger partial charge in [-0.3, -0.25) is 0 Å². The molecule has 0 radical (unpaired) electrons. The predicted molar refractivity (Wildman–Crippen MR) is 143 cm³/mol. The van der Waals surface area contributed by atoms with Crippen LogP contribution in [0.1, 0.15) is 54.9 Å². The zero-order chi connectivity index (χ0) is 25.4. The van der Waals surface area contributed by atoms with Gasteiger partial charge in [-0.05, 0) is 94.1 Å². The molecular weight excluding hydrogens is 440 g/mol. The van der Waals surface area contributed by atoms with Gasteiger partial charge in [0.2, 0.25) is 0 Å². The number of nitrogens with zero attached hydrogens (tertiary/aromatic N) is 2. The standard InChI is InChI=1S/C29H42N2O4/c1-7-16-31(25-12-10-24(11-13-25)30(3)4)28-20-23(19-27(21(28)2)29(32)34-6)22-8-14-26(15-9-22)35-18-17-33-5/h8-9,14-15,19-20,24-25H,7,10-13,16-18H2,1-6H3. The van der Waals surface area contributed by atoms with Gasteiger partial charge < -0.3 is 24.0 Å². The topological polar surface area (TPSA) is 51.2 Å². The minimum atomic E-state index is -0.294. The maximum Gasteiger partial charge on any atom is 0.338 e. The van der Waals surface area contributed by atoms with Crippen molar-refractivity contribution in [3.8, 4) is 16.9 Å². The summed E-state index contributed by atoms with van der Waals surface area (Å²) in [5, 5.41) is 0. The number of ether oxygens (including phenoxy) is 3. The lowest BCUT2D eigenvalue weighted by atomic mass is 9.88. The van der Waals surface area contributed by atoms with Crippen LogP contribution in [-0.4, -0.2) is 71.0 Å². The van der Waals surface area contributed by atoms with Gasteiger partial charge in [0.15, 0.2) is 0 Å².